The van der Waals surface area contributed by atoms with E-state index < -0.39 is 10.3 Å². The van der Waals surface area contributed by atoms with Crippen molar-refractivity contribution in [1.82, 2.24) is 4.98 Å². The van der Waals surface area contributed by atoms with Gasteiger partial charge in [0, 0.05) is 5.39 Å². The number of rotatable bonds is 3. The third-order valence-corrected chi connectivity index (χ3v) is 2.85. The Morgan fingerprint density at radius 1 is 1.35 bits per heavy atom. The smallest absolute Gasteiger partial charge is 0.252 e. The quantitative estimate of drug-likeness (QED) is 0.861. The zero-order valence-electron chi connectivity index (χ0n) is 8.63. The molecule has 0 radical (unpaired) electrons. The van der Waals surface area contributed by atoms with Crippen LogP contribution in [0.3, 0.4) is 0 Å². The molecule has 0 unspecified atom stereocenters. The second-order valence-corrected chi connectivity index (χ2v) is 4.96. The molecule has 90 valence electrons. The number of aromatic nitrogens is 1. The molecule has 0 saturated carbocycles. The molecule has 2 rings (SSSR count). The number of halogens is 1. The minimum atomic E-state index is -3.97. The molecule has 0 aliphatic carbocycles. The Bertz CT molecular complexity index is 658. The van der Waals surface area contributed by atoms with Crippen molar-refractivity contribution in [3.63, 3.8) is 0 Å². The summed E-state index contributed by atoms with van der Waals surface area (Å²) in [6.07, 6.45) is 0. The molecule has 2 N–H and O–H groups in total. The number of nitrogens with two attached hydrogens (primary N) is 1. The van der Waals surface area contributed by atoms with Gasteiger partial charge < -0.3 is 0 Å². The topological polar surface area (TPSA) is 82.3 Å². The highest BCUT2D eigenvalue weighted by molar-refractivity contribution is 7.84. The monoisotopic (exact) mass is 272 g/mol. The molecule has 1 heterocycles. The first kappa shape index (κ1) is 12.3. The van der Waals surface area contributed by atoms with Gasteiger partial charge in [0.05, 0.1) is 5.69 Å². The predicted octanol–water partition coefficient (Wildman–Crippen LogP) is 1.61. The van der Waals surface area contributed by atoms with Gasteiger partial charge in [-0.1, -0.05) is 35.9 Å². The normalized spacial score (nSPS) is 11.9. The SMILES string of the molecule is NS(=O)(=O)OCc1cc2ccccc2c(Cl)n1. The van der Waals surface area contributed by atoms with Crippen molar-refractivity contribution in [3.8, 4) is 0 Å². The maximum absolute atomic E-state index is 10.6. The second kappa shape index (κ2) is 4.58. The van der Waals surface area contributed by atoms with Crippen molar-refractivity contribution < 1.29 is 12.6 Å². The van der Waals surface area contributed by atoms with E-state index in [9.17, 15) is 8.42 Å². The molecule has 1 aromatic heterocycles. The molecule has 0 fully saturated rings. The fourth-order valence-corrected chi connectivity index (χ4v) is 1.99. The third-order valence-electron chi connectivity index (χ3n) is 2.12. The van der Waals surface area contributed by atoms with Crippen molar-refractivity contribution in [2.45, 2.75) is 6.61 Å². The number of benzene rings is 1. The Morgan fingerprint density at radius 3 is 2.76 bits per heavy atom. The van der Waals surface area contributed by atoms with Gasteiger partial charge in [-0.3, -0.25) is 4.18 Å². The molecule has 1 aromatic carbocycles. The van der Waals surface area contributed by atoms with E-state index in [0.29, 0.717) is 10.8 Å². The predicted molar refractivity (Wildman–Crippen MR) is 64.6 cm³/mol. The van der Waals surface area contributed by atoms with Gasteiger partial charge in [-0.25, -0.2) is 10.1 Å². The number of hydrogen-bond acceptors (Lipinski definition) is 4. The average molecular weight is 273 g/mol. The molecule has 5 nitrogen and oxygen atoms in total. The summed E-state index contributed by atoms with van der Waals surface area (Å²) < 4.78 is 25.7. The number of nitrogens with zero attached hydrogens (tertiary/aromatic N) is 1. The van der Waals surface area contributed by atoms with Crippen molar-refractivity contribution >= 4 is 32.7 Å². The average Bonchev–Trinajstić information content (AvgIpc) is 2.26. The zero-order valence-corrected chi connectivity index (χ0v) is 10.2. The highest BCUT2D eigenvalue weighted by atomic mass is 35.5. The first-order valence-corrected chi connectivity index (χ1v) is 6.52. The van der Waals surface area contributed by atoms with E-state index in [0.717, 1.165) is 10.8 Å². The molecule has 0 amide bonds. The van der Waals surface area contributed by atoms with Crippen LogP contribution in [-0.2, 0) is 21.1 Å². The largest absolute Gasteiger partial charge is 0.333 e. The Morgan fingerprint density at radius 2 is 2.06 bits per heavy atom. The summed E-state index contributed by atoms with van der Waals surface area (Å²) in [5.74, 6) is 0. The van der Waals surface area contributed by atoms with Gasteiger partial charge >= 0.3 is 10.3 Å². The van der Waals surface area contributed by atoms with E-state index >= 15 is 0 Å². The van der Waals surface area contributed by atoms with Crippen LogP contribution < -0.4 is 5.14 Å². The van der Waals surface area contributed by atoms with Gasteiger partial charge in [-0.05, 0) is 11.5 Å². The summed E-state index contributed by atoms with van der Waals surface area (Å²) in [6.45, 7) is -0.233. The fourth-order valence-electron chi connectivity index (χ4n) is 1.43. The number of fused-ring (bicyclic) bond motifs is 1. The molecule has 0 spiro atoms. The van der Waals surface area contributed by atoms with Crippen molar-refractivity contribution in [1.29, 1.82) is 0 Å². The lowest BCUT2D eigenvalue weighted by molar-refractivity contribution is 0.304. The van der Waals surface area contributed by atoms with Gasteiger partial charge in [0.25, 0.3) is 0 Å². The molecule has 0 saturated heterocycles. The van der Waals surface area contributed by atoms with E-state index in [1.54, 1.807) is 6.07 Å². The Hall–Kier alpha value is -1.21. The molecular weight excluding hydrogens is 264 g/mol. The minimum absolute atomic E-state index is 0.233. The standard InChI is InChI=1S/C10H9ClN2O3S/c11-10-9-4-2-1-3-7(9)5-8(13-10)6-16-17(12,14)15/h1-5H,6H2,(H2,12,14,15). The van der Waals surface area contributed by atoms with Crippen molar-refractivity contribution in [3.05, 3.63) is 41.2 Å². The first-order chi connectivity index (χ1) is 7.96. The summed E-state index contributed by atoms with van der Waals surface area (Å²) in [6, 6.07) is 9.07. The molecule has 0 bridgehead atoms. The molecule has 0 aliphatic heterocycles. The second-order valence-electron chi connectivity index (χ2n) is 3.38. The lowest BCUT2D eigenvalue weighted by Gasteiger charge is -2.04. The molecular formula is C10H9ClN2O3S. The summed E-state index contributed by atoms with van der Waals surface area (Å²) >= 11 is 5.96. The van der Waals surface area contributed by atoms with Crippen LogP contribution in [0.2, 0.25) is 5.15 Å². The van der Waals surface area contributed by atoms with E-state index in [1.165, 1.54) is 0 Å². The van der Waals surface area contributed by atoms with E-state index in [1.807, 2.05) is 24.3 Å². The van der Waals surface area contributed by atoms with E-state index in [2.05, 4.69) is 9.17 Å². The molecule has 2 aromatic rings. The van der Waals surface area contributed by atoms with Gasteiger partial charge in [0.15, 0.2) is 0 Å². The number of hydrogen-bond donors (Lipinski definition) is 1. The fraction of sp³-hybridized carbons (Fsp3) is 0.100. The van der Waals surface area contributed by atoms with Crippen LogP contribution in [0.15, 0.2) is 30.3 Å². The van der Waals surface area contributed by atoms with Gasteiger partial charge in [-0.15, -0.1) is 0 Å². The Balaban J connectivity index is 2.37. The van der Waals surface area contributed by atoms with Crippen LogP contribution in [-0.4, -0.2) is 13.4 Å². The third kappa shape index (κ3) is 3.13. The molecule has 7 heteroatoms. The molecule has 17 heavy (non-hydrogen) atoms. The summed E-state index contributed by atoms with van der Waals surface area (Å²) in [7, 11) is -3.97. The van der Waals surface area contributed by atoms with Crippen molar-refractivity contribution in [2.75, 3.05) is 0 Å². The summed E-state index contributed by atoms with van der Waals surface area (Å²) in [5, 5.41) is 6.69. The zero-order chi connectivity index (χ0) is 12.5. The van der Waals surface area contributed by atoms with Crippen LogP contribution in [0.1, 0.15) is 5.69 Å². The van der Waals surface area contributed by atoms with Crippen LogP contribution in [0.4, 0.5) is 0 Å². The summed E-state index contributed by atoms with van der Waals surface area (Å²) in [5.41, 5.74) is 0.405. The van der Waals surface area contributed by atoms with E-state index in [4.69, 9.17) is 16.7 Å². The van der Waals surface area contributed by atoms with E-state index in [-0.39, 0.29) is 6.61 Å². The lowest BCUT2D eigenvalue weighted by atomic mass is 10.1. The maximum atomic E-state index is 10.6. The van der Waals surface area contributed by atoms with Crippen LogP contribution in [0.25, 0.3) is 10.8 Å². The first-order valence-electron chi connectivity index (χ1n) is 4.67. The lowest BCUT2D eigenvalue weighted by Crippen LogP contribution is -2.15. The molecule has 0 atom stereocenters. The highest BCUT2D eigenvalue weighted by Crippen LogP contribution is 2.22. The van der Waals surface area contributed by atoms with Crippen molar-refractivity contribution in [2.24, 2.45) is 5.14 Å². The van der Waals surface area contributed by atoms with Crippen LogP contribution >= 0.6 is 11.6 Å². The van der Waals surface area contributed by atoms with Gasteiger partial charge in [0.2, 0.25) is 0 Å². The number of pyridine rings is 1. The van der Waals surface area contributed by atoms with Gasteiger partial charge in [0.1, 0.15) is 11.8 Å². The Kier molecular flexibility index (Phi) is 3.30. The minimum Gasteiger partial charge on any atom is -0.252 e. The highest BCUT2D eigenvalue weighted by Gasteiger charge is 2.07. The summed E-state index contributed by atoms with van der Waals surface area (Å²) in [4.78, 5) is 4.02. The van der Waals surface area contributed by atoms with Gasteiger partial charge in [-0.2, -0.15) is 8.42 Å². The van der Waals surface area contributed by atoms with Crippen LogP contribution in [0, 0.1) is 0 Å². The Labute approximate surface area is 103 Å². The molecule has 0 aliphatic rings. The van der Waals surface area contributed by atoms with Crippen LogP contribution in [0.5, 0.6) is 0 Å². The maximum Gasteiger partial charge on any atom is 0.333 e.